The SMILES string of the molecule is CCn1cncc1COc1ccccc1[C@@H](C)O. The van der Waals surface area contributed by atoms with Crippen LogP contribution in [0.3, 0.4) is 0 Å². The Morgan fingerprint density at radius 3 is 2.89 bits per heavy atom. The summed E-state index contributed by atoms with van der Waals surface area (Å²) >= 11 is 0. The van der Waals surface area contributed by atoms with Gasteiger partial charge in [0, 0.05) is 12.1 Å². The molecule has 18 heavy (non-hydrogen) atoms. The van der Waals surface area contributed by atoms with Gasteiger partial charge in [-0.1, -0.05) is 18.2 Å². The molecule has 96 valence electrons. The molecule has 2 aromatic rings. The quantitative estimate of drug-likeness (QED) is 0.882. The van der Waals surface area contributed by atoms with Gasteiger partial charge in [-0.25, -0.2) is 4.98 Å². The van der Waals surface area contributed by atoms with Crippen molar-refractivity contribution in [1.82, 2.24) is 9.55 Å². The molecule has 0 amide bonds. The Morgan fingerprint density at radius 2 is 2.17 bits per heavy atom. The number of hydrogen-bond acceptors (Lipinski definition) is 3. The highest BCUT2D eigenvalue weighted by Crippen LogP contribution is 2.25. The molecule has 4 heteroatoms. The minimum Gasteiger partial charge on any atom is -0.487 e. The van der Waals surface area contributed by atoms with Crippen LogP contribution in [0.15, 0.2) is 36.8 Å². The molecule has 0 aliphatic rings. The third-order valence-corrected chi connectivity index (χ3v) is 2.88. The van der Waals surface area contributed by atoms with E-state index in [2.05, 4.69) is 11.9 Å². The van der Waals surface area contributed by atoms with E-state index in [4.69, 9.17) is 4.74 Å². The van der Waals surface area contributed by atoms with E-state index in [1.165, 1.54) is 0 Å². The van der Waals surface area contributed by atoms with E-state index < -0.39 is 6.10 Å². The van der Waals surface area contributed by atoms with Crippen molar-refractivity contribution in [3.63, 3.8) is 0 Å². The molecular weight excluding hydrogens is 228 g/mol. The molecule has 0 bridgehead atoms. The predicted molar refractivity (Wildman–Crippen MR) is 69.3 cm³/mol. The number of benzene rings is 1. The maximum Gasteiger partial charge on any atom is 0.130 e. The van der Waals surface area contributed by atoms with Gasteiger partial charge in [0.15, 0.2) is 0 Å². The minimum atomic E-state index is -0.530. The molecule has 4 nitrogen and oxygen atoms in total. The van der Waals surface area contributed by atoms with Crippen LogP contribution < -0.4 is 4.74 Å². The number of hydrogen-bond donors (Lipinski definition) is 1. The summed E-state index contributed by atoms with van der Waals surface area (Å²) in [5.74, 6) is 0.719. The minimum absolute atomic E-state index is 0.456. The standard InChI is InChI=1S/C14H18N2O2/c1-3-16-10-15-8-12(16)9-18-14-7-5-4-6-13(14)11(2)17/h4-8,10-11,17H,3,9H2,1-2H3/t11-/m1/s1. The second-order valence-corrected chi connectivity index (χ2v) is 4.17. The molecule has 0 radical (unpaired) electrons. The van der Waals surface area contributed by atoms with Crippen molar-refractivity contribution in [3.8, 4) is 5.75 Å². The van der Waals surface area contributed by atoms with Crippen LogP contribution in [0.2, 0.25) is 0 Å². The zero-order chi connectivity index (χ0) is 13.0. The number of aryl methyl sites for hydroxylation is 1. The zero-order valence-corrected chi connectivity index (χ0v) is 10.7. The van der Waals surface area contributed by atoms with Gasteiger partial charge in [0.05, 0.1) is 24.3 Å². The van der Waals surface area contributed by atoms with Crippen molar-refractivity contribution >= 4 is 0 Å². The first-order valence-electron chi connectivity index (χ1n) is 6.11. The van der Waals surface area contributed by atoms with Gasteiger partial charge in [-0.15, -0.1) is 0 Å². The number of imidazole rings is 1. The Morgan fingerprint density at radius 1 is 1.39 bits per heavy atom. The van der Waals surface area contributed by atoms with Gasteiger partial charge in [0.2, 0.25) is 0 Å². The highest BCUT2D eigenvalue weighted by molar-refractivity contribution is 5.34. The Bertz CT molecular complexity index is 506. The Hall–Kier alpha value is -1.81. The van der Waals surface area contributed by atoms with Crippen molar-refractivity contribution in [3.05, 3.63) is 48.0 Å². The average molecular weight is 246 g/mol. The van der Waals surface area contributed by atoms with E-state index in [9.17, 15) is 5.11 Å². The summed E-state index contributed by atoms with van der Waals surface area (Å²) in [5.41, 5.74) is 1.83. The summed E-state index contributed by atoms with van der Waals surface area (Å²) in [6.45, 7) is 5.13. The van der Waals surface area contributed by atoms with Crippen LogP contribution in [-0.2, 0) is 13.2 Å². The molecule has 0 aliphatic carbocycles. The molecule has 1 aromatic heterocycles. The highest BCUT2D eigenvalue weighted by Gasteiger charge is 2.09. The van der Waals surface area contributed by atoms with Crippen LogP contribution in [0.5, 0.6) is 5.75 Å². The molecule has 1 atom stereocenters. The lowest BCUT2D eigenvalue weighted by Gasteiger charge is -2.13. The van der Waals surface area contributed by atoms with Gasteiger partial charge in [-0.3, -0.25) is 0 Å². The molecule has 0 aliphatic heterocycles. The molecule has 0 saturated heterocycles. The van der Waals surface area contributed by atoms with E-state index in [1.807, 2.05) is 28.8 Å². The fourth-order valence-electron chi connectivity index (χ4n) is 1.86. The molecule has 2 rings (SSSR count). The number of ether oxygens (including phenoxy) is 1. The lowest BCUT2D eigenvalue weighted by Crippen LogP contribution is -2.05. The van der Waals surface area contributed by atoms with Gasteiger partial charge in [0.1, 0.15) is 12.4 Å². The summed E-state index contributed by atoms with van der Waals surface area (Å²) in [6.07, 6.45) is 3.06. The third-order valence-electron chi connectivity index (χ3n) is 2.88. The molecule has 1 N–H and O–H groups in total. The van der Waals surface area contributed by atoms with Gasteiger partial charge < -0.3 is 14.4 Å². The summed E-state index contributed by atoms with van der Waals surface area (Å²) in [5, 5.41) is 9.66. The van der Waals surface area contributed by atoms with E-state index in [0.29, 0.717) is 6.61 Å². The normalized spacial score (nSPS) is 12.4. The van der Waals surface area contributed by atoms with E-state index in [1.54, 1.807) is 19.4 Å². The summed E-state index contributed by atoms with van der Waals surface area (Å²) < 4.78 is 7.80. The number of aliphatic hydroxyl groups excluding tert-OH is 1. The first-order valence-corrected chi connectivity index (χ1v) is 6.11. The number of aromatic nitrogens is 2. The van der Waals surface area contributed by atoms with Crippen LogP contribution in [0.25, 0.3) is 0 Å². The summed E-state index contributed by atoms with van der Waals surface area (Å²) in [4.78, 5) is 4.10. The summed E-state index contributed by atoms with van der Waals surface area (Å²) in [6, 6.07) is 7.54. The second kappa shape index (κ2) is 5.69. The topological polar surface area (TPSA) is 47.3 Å². The van der Waals surface area contributed by atoms with E-state index in [0.717, 1.165) is 23.6 Å². The Balaban J connectivity index is 2.11. The van der Waals surface area contributed by atoms with Crippen molar-refractivity contribution in [2.24, 2.45) is 0 Å². The third kappa shape index (κ3) is 2.71. The molecule has 0 saturated carbocycles. The lowest BCUT2D eigenvalue weighted by atomic mass is 10.1. The van der Waals surface area contributed by atoms with Crippen molar-refractivity contribution in [2.75, 3.05) is 0 Å². The van der Waals surface area contributed by atoms with Crippen LogP contribution in [0.4, 0.5) is 0 Å². The van der Waals surface area contributed by atoms with Crippen molar-refractivity contribution < 1.29 is 9.84 Å². The van der Waals surface area contributed by atoms with Gasteiger partial charge >= 0.3 is 0 Å². The van der Waals surface area contributed by atoms with Crippen molar-refractivity contribution in [1.29, 1.82) is 0 Å². The van der Waals surface area contributed by atoms with Gasteiger partial charge in [-0.2, -0.15) is 0 Å². The molecule has 1 heterocycles. The zero-order valence-electron chi connectivity index (χ0n) is 10.7. The monoisotopic (exact) mass is 246 g/mol. The number of aliphatic hydroxyl groups is 1. The fourth-order valence-corrected chi connectivity index (χ4v) is 1.86. The summed E-state index contributed by atoms with van der Waals surface area (Å²) in [7, 11) is 0. The molecule has 1 aromatic carbocycles. The van der Waals surface area contributed by atoms with Gasteiger partial charge in [-0.05, 0) is 19.9 Å². The van der Waals surface area contributed by atoms with Crippen LogP contribution in [0, 0.1) is 0 Å². The largest absolute Gasteiger partial charge is 0.487 e. The lowest BCUT2D eigenvalue weighted by molar-refractivity contribution is 0.189. The second-order valence-electron chi connectivity index (χ2n) is 4.17. The molecule has 0 fully saturated rings. The van der Waals surface area contributed by atoms with Crippen molar-refractivity contribution in [2.45, 2.75) is 33.1 Å². The van der Waals surface area contributed by atoms with Crippen LogP contribution in [0.1, 0.15) is 31.2 Å². The molecule has 0 unspecified atom stereocenters. The fraction of sp³-hybridized carbons (Fsp3) is 0.357. The van der Waals surface area contributed by atoms with Crippen LogP contribution in [-0.4, -0.2) is 14.7 Å². The first kappa shape index (κ1) is 12.6. The Labute approximate surface area is 107 Å². The van der Waals surface area contributed by atoms with Gasteiger partial charge in [0.25, 0.3) is 0 Å². The maximum absolute atomic E-state index is 9.66. The van der Waals surface area contributed by atoms with Crippen LogP contribution >= 0.6 is 0 Å². The number of para-hydroxylation sites is 1. The first-order chi connectivity index (χ1) is 8.72. The molecular formula is C14H18N2O2. The smallest absolute Gasteiger partial charge is 0.130 e. The highest BCUT2D eigenvalue weighted by atomic mass is 16.5. The van der Waals surface area contributed by atoms with E-state index >= 15 is 0 Å². The van der Waals surface area contributed by atoms with E-state index in [-0.39, 0.29) is 0 Å². The molecule has 0 spiro atoms. The predicted octanol–water partition coefficient (Wildman–Crippen LogP) is 2.54. The average Bonchev–Trinajstić information content (AvgIpc) is 2.84. The number of nitrogens with zero attached hydrogens (tertiary/aromatic N) is 2. The maximum atomic E-state index is 9.66. The number of rotatable bonds is 5. The Kier molecular flexibility index (Phi) is 3.99.